The summed E-state index contributed by atoms with van der Waals surface area (Å²) < 4.78 is 76.1. The fourth-order valence-corrected chi connectivity index (χ4v) is 1.40. The van der Waals surface area contributed by atoms with Gasteiger partial charge in [-0.3, -0.25) is 4.79 Å². The minimum Gasteiger partial charge on any atom is -0.595 e. The monoisotopic (exact) mass is 332 g/mol. The largest absolute Gasteiger partial charge is 0.595 e. The van der Waals surface area contributed by atoms with E-state index in [1.165, 1.54) is 5.32 Å². The number of halogens is 6. The van der Waals surface area contributed by atoms with Gasteiger partial charge in [0.05, 0.1) is 0 Å². The van der Waals surface area contributed by atoms with Crippen LogP contribution in [-0.2, 0) is 4.79 Å². The van der Waals surface area contributed by atoms with Gasteiger partial charge >= 0.3 is 12.4 Å². The number of rotatable bonds is 3. The summed E-state index contributed by atoms with van der Waals surface area (Å²) in [6.07, 6.45) is -11.8. The molecule has 0 aliphatic carbocycles. The Morgan fingerprint density at radius 1 is 1.18 bits per heavy atom. The number of hydrogen-bond donors (Lipinski definition) is 3. The molecule has 0 bridgehead atoms. The van der Waals surface area contributed by atoms with Gasteiger partial charge in [0, 0.05) is 17.8 Å². The standard InChI is InChI=1S/C11H10F6N2O3/c1-9(10(12,13)14,11(15,16)17)8(20)18-6-3-2-4-7(5-6)19(21)22/h2-5,19,21H,1H3,(H,18,20). The number of carbonyl (C=O) groups is 1. The van der Waals surface area contributed by atoms with E-state index < -0.39 is 40.3 Å². The molecule has 0 saturated heterocycles. The minimum atomic E-state index is -5.88. The first-order valence-corrected chi connectivity index (χ1v) is 5.59. The summed E-state index contributed by atoms with van der Waals surface area (Å²) in [4.78, 5) is 11.5. The second kappa shape index (κ2) is 5.74. The van der Waals surface area contributed by atoms with Gasteiger partial charge in [0.15, 0.2) is 5.69 Å². The highest BCUT2D eigenvalue weighted by molar-refractivity contribution is 5.96. The SMILES string of the molecule is CC(C(=O)Nc1cccc([NH+]([O-])O)c1)(C(F)(F)F)C(F)(F)F. The first-order valence-electron chi connectivity index (χ1n) is 5.59. The number of amides is 1. The third-order valence-electron chi connectivity index (χ3n) is 2.96. The molecule has 0 aliphatic heterocycles. The van der Waals surface area contributed by atoms with Crippen molar-refractivity contribution in [1.82, 2.24) is 0 Å². The predicted octanol–water partition coefficient (Wildman–Crippen LogP) is 2.16. The maximum Gasteiger partial charge on any atom is 0.411 e. The molecule has 5 nitrogen and oxygen atoms in total. The van der Waals surface area contributed by atoms with E-state index in [0.717, 1.165) is 24.3 Å². The van der Waals surface area contributed by atoms with E-state index in [1.807, 2.05) is 0 Å². The van der Waals surface area contributed by atoms with E-state index in [0.29, 0.717) is 0 Å². The van der Waals surface area contributed by atoms with Crippen LogP contribution in [0.2, 0.25) is 0 Å². The second-order valence-electron chi connectivity index (χ2n) is 4.46. The average molecular weight is 332 g/mol. The van der Waals surface area contributed by atoms with Crippen molar-refractivity contribution in [2.45, 2.75) is 19.3 Å². The normalized spacial score (nSPS) is 14.6. The van der Waals surface area contributed by atoms with Crippen LogP contribution < -0.4 is 10.5 Å². The van der Waals surface area contributed by atoms with Crippen LogP contribution in [0.3, 0.4) is 0 Å². The first-order chi connectivity index (χ1) is 9.80. The van der Waals surface area contributed by atoms with E-state index in [-0.39, 0.29) is 6.92 Å². The van der Waals surface area contributed by atoms with Gasteiger partial charge in [-0.25, -0.2) is 5.21 Å². The maximum atomic E-state index is 12.7. The average Bonchev–Trinajstić information content (AvgIpc) is 2.35. The summed E-state index contributed by atoms with van der Waals surface area (Å²) in [5, 5.41) is 19.4. The van der Waals surface area contributed by atoms with Crippen LogP contribution in [0.1, 0.15) is 6.92 Å². The second-order valence-corrected chi connectivity index (χ2v) is 4.46. The van der Waals surface area contributed by atoms with Gasteiger partial charge in [-0.05, 0) is 13.0 Å². The molecule has 1 amide bonds. The number of nitrogens with one attached hydrogen (secondary N) is 2. The van der Waals surface area contributed by atoms with Crippen LogP contribution in [0.5, 0.6) is 0 Å². The van der Waals surface area contributed by atoms with Crippen LogP contribution in [0, 0.1) is 10.6 Å². The van der Waals surface area contributed by atoms with Crippen molar-refractivity contribution in [2.24, 2.45) is 5.41 Å². The fraction of sp³-hybridized carbons (Fsp3) is 0.364. The Bertz CT molecular complexity index is 541. The Morgan fingerprint density at radius 2 is 1.68 bits per heavy atom. The zero-order chi connectivity index (χ0) is 17.3. The Hall–Kier alpha value is -1.85. The van der Waals surface area contributed by atoms with Crippen LogP contribution in [0.25, 0.3) is 0 Å². The topological polar surface area (TPSA) is 76.8 Å². The van der Waals surface area contributed by atoms with Crippen LogP contribution in [0.4, 0.5) is 37.7 Å². The first kappa shape index (κ1) is 18.2. The molecule has 1 aromatic rings. The molecule has 3 N–H and O–H groups in total. The Balaban J connectivity index is 3.16. The molecule has 11 heteroatoms. The third kappa shape index (κ3) is 3.31. The Labute approximate surface area is 119 Å². The highest BCUT2D eigenvalue weighted by atomic mass is 19.4. The van der Waals surface area contributed by atoms with Gasteiger partial charge in [-0.15, -0.1) is 0 Å². The van der Waals surface area contributed by atoms with E-state index in [4.69, 9.17) is 5.21 Å². The lowest BCUT2D eigenvalue weighted by molar-refractivity contribution is -0.991. The number of anilines is 1. The molecule has 0 heterocycles. The molecular formula is C11H10F6N2O3. The molecule has 1 aromatic carbocycles. The van der Waals surface area contributed by atoms with E-state index in [1.54, 1.807) is 0 Å². The summed E-state index contributed by atoms with van der Waals surface area (Å²) in [6, 6.07) is 3.84. The van der Waals surface area contributed by atoms with Crippen molar-refractivity contribution < 1.29 is 41.6 Å². The molecule has 22 heavy (non-hydrogen) atoms. The summed E-state index contributed by atoms with van der Waals surface area (Å²) in [5.41, 5.74) is -5.53. The molecule has 0 aromatic heterocycles. The molecule has 0 radical (unpaired) electrons. The molecule has 0 aliphatic rings. The van der Waals surface area contributed by atoms with Crippen molar-refractivity contribution in [2.75, 3.05) is 5.32 Å². The number of carbonyl (C=O) groups excluding carboxylic acids is 1. The van der Waals surface area contributed by atoms with Crippen molar-refractivity contribution in [3.8, 4) is 0 Å². The maximum absolute atomic E-state index is 12.7. The van der Waals surface area contributed by atoms with Gasteiger partial charge in [-0.1, -0.05) is 6.07 Å². The lowest BCUT2D eigenvalue weighted by Gasteiger charge is -2.32. The predicted molar refractivity (Wildman–Crippen MR) is 61.1 cm³/mol. The van der Waals surface area contributed by atoms with Gasteiger partial charge in [0.25, 0.3) is 0 Å². The van der Waals surface area contributed by atoms with E-state index >= 15 is 0 Å². The van der Waals surface area contributed by atoms with Gasteiger partial charge in [-0.2, -0.15) is 31.6 Å². The molecule has 124 valence electrons. The molecule has 0 saturated carbocycles. The van der Waals surface area contributed by atoms with Crippen LogP contribution in [-0.4, -0.2) is 23.5 Å². The van der Waals surface area contributed by atoms with E-state index in [2.05, 4.69) is 0 Å². The van der Waals surface area contributed by atoms with Crippen LogP contribution >= 0.6 is 0 Å². The number of hydrogen-bond acceptors (Lipinski definition) is 3. The highest BCUT2D eigenvalue weighted by Gasteiger charge is 2.72. The van der Waals surface area contributed by atoms with Gasteiger partial charge in [0.1, 0.15) is 0 Å². The minimum absolute atomic E-state index is 0.288. The molecule has 1 unspecified atom stereocenters. The smallest absolute Gasteiger partial charge is 0.411 e. The van der Waals surface area contributed by atoms with Crippen molar-refractivity contribution in [3.63, 3.8) is 0 Å². The lowest BCUT2D eigenvalue weighted by Crippen LogP contribution is -2.99. The van der Waals surface area contributed by atoms with Crippen molar-refractivity contribution >= 4 is 17.3 Å². The van der Waals surface area contributed by atoms with Crippen molar-refractivity contribution in [1.29, 1.82) is 0 Å². The number of alkyl halides is 6. The lowest BCUT2D eigenvalue weighted by atomic mass is 9.87. The molecule has 1 atom stereocenters. The summed E-state index contributed by atoms with van der Waals surface area (Å²) in [7, 11) is 0. The van der Waals surface area contributed by atoms with Crippen LogP contribution in [0.15, 0.2) is 24.3 Å². The van der Waals surface area contributed by atoms with Crippen molar-refractivity contribution in [3.05, 3.63) is 29.5 Å². The Kier molecular flexibility index (Phi) is 4.75. The summed E-state index contributed by atoms with van der Waals surface area (Å²) in [6.45, 7) is -0.288. The molecular weight excluding hydrogens is 322 g/mol. The van der Waals surface area contributed by atoms with Gasteiger partial charge < -0.3 is 10.5 Å². The van der Waals surface area contributed by atoms with Gasteiger partial charge in [0.2, 0.25) is 11.3 Å². The zero-order valence-electron chi connectivity index (χ0n) is 10.8. The molecule has 1 rings (SSSR count). The zero-order valence-corrected chi connectivity index (χ0v) is 10.8. The van der Waals surface area contributed by atoms with E-state index in [9.17, 15) is 36.3 Å². The quantitative estimate of drug-likeness (QED) is 0.586. The summed E-state index contributed by atoms with van der Waals surface area (Å²) in [5.74, 6) is -2.35. The highest BCUT2D eigenvalue weighted by Crippen LogP contribution is 2.50. The fourth-order valence-electron chi connectivity index (χ4n) is 1.40. The summed E-state index contributed by atoms with van der Waals surface area (Å²) >= 11 is 0. The third-order valence-corrected chi connectivity index (χ3v) is 2.96. The molecule has 0 spiro atoms. The number of benzene rings is 1. The molecule has 0 fully saturated rings. The number of quaternary nitrogens is 1. The Morgan fingerprint density at radius 3 is 2.09 bits per heavy atom.